The summed E-state index contributed by atoms with van der Waals surface area (Å²) in [5.74, 6) is -1.14. The minimum atomic E-state index is -3.58. The lowest BCUT2D eigenvalue weighted by Crippen LogP contribution is -2.28. The molecule has 0 bridgehead atoms. The van der Waals surface area contributed by atoms with Crippen molar-refractivity contribution in [2.75, 3.05) is 11.6 Å². The van der Waals surface area contributed by atoms with Crippen molar-refractivity contribution in [2.45, 2.75) is 30.0 Å². The van der Waals surface area contributed by atoms with Crippen LogP contribution in [0.25, 0.3) is 0 Å². The topological polar surface area (TPSA) is 127 Å². The highest BCUT2D eigenvalue weighted by Crippen LogP contribution is 2.37. The van der Waals surface area contributed by atoms with Crippen LogP contribution in [-0.4, -0.2) is 36.7 Å². The summed E-state index contributed by atoms with van der Waals surface area (Å²) in [5.41, 5.74) is -0.433. The normalized spacial score (nSPS) is 12.9. The van der Waals surface area contributed by atoms with Gasteiger partial charge in [-0.05, 0) is 6.42 Å². The van der Waals surface area contributed by atoms with Crippen molar-refractivity contribution in [3.8, 4) is 0 Å². The molecule has 0 spiro atoms. The van der Waals surface area contributed by atoms with Crippen LogP contribution < -0.4 is 5.32 Å². The van der Waals surface area contributed by atoms with Crippen molar-refractivity contribution >= 4 is 37.8 Å². The number of hydrogen-bond donors (Lipinski definition) is 2. The summed E-state index contributed by atoms with van der Waals surface area (Å²) in [6.45, 7) is 1.78. The quantitative estimate of drug-likeness (QED) is 0.578. The largest absolute Gasteiger partial charge is 0.480 e. The van der Waals surface area contributed by atoms with E-state index >= 15 is 0 Å². The van der Waals surface area contributed by atoms with Crippen LogP contribution in [0.15, 0.2) is 10.3 Å². The molecule has 0 aromatic carbocycles. The van der Waals surface area contributed by atoms with Crippen LogP contribution in [0, 0.1) is 10.1 Å². The van der Waals surface area contributed by atoms with E-state index in [4.69, 9.17) is 5.11 Å². The lowest BCUT2D eigenvalue weighted by Gasteiger charge is -2.12. The Labute approximate surface area is 119 Å². The number of nitro groups is 1. The molecule has 0 amide bonds. The second-order valence-electron chi connectivity index (χ2n) is 4.13. The minimum absolute atomic E-state index is 0.0590. The van der Waals surface area contributed by atoms with Crippen molar-refractivity contribution in [3.63, 3.8) is 0 Å². The van der Waals surface area contributed by atoms with Crippen LogP contribution >= 0.6 is 11.3 Å². The Morgan fingerprint density at radius 3 is 2.60 bits per heavy atom. The van der Waals surface area contributed by atoms with E-state index in [-0.39, 0.29) is 15.6 Å². The monoisotopic (exact) mass is 322 g/mol. The molecule has 0 aliphatic carbocycles. The standard InChI is InChI=1S/C10H14N2O6S2/c1-3-4-6(10(13)14)11-9-7(12(15)16)5-8(19-9)20(2,17)18/h5-6,11H,3-4H2,1-2H3,(H,13,14). The maximum Gasteiger partial charge on any atom is 0.326 e. The lowest BCUT2D eigenvalue weighted by molar-refractivity contribution is -0.383. The average Bonchev–Trinajstić information content (AvgIpc) is 2.72. The molecule has 0 saturated heterocycles. The van der Waals surface area contributed by atoms with Gasteiger partial charge in [-0.25, -0.2) is 13.2 Å². The summed E-state index contributed by atoms with van der Waals surface area (Å²) < 4.78 is 22.6. The number of anilines is 1. The maximum absolute atomic E-state index is 11.4. The molecule has 112 valence electrons. The molecule has 0 fully saturated rings. The summed E-state index contributed by atoms with van der Waals surface area (Å²) in [6.07, 6.45) is 1.79. The van der Waals surface area contributed by atoms with Gasteiger partial charge in [0.2, 0.25) is 0 Å². The molecule has 1 unspecified atom stereocenters. The van der Waals surface area contributed by atoms with Gasteiger partial charge in [-0.15, -0.1) is 0 Å². The molecule has 1 aromatic heterocycles. The van der Waals surface area contributed by atoms with Crippen LogP contribution in [0.1, 0.15) is 19.8 Å². The van der Waals surface area contributed by atoms with E-state index in [0.29, 0.717) is 17.8 Å². The molecule has 0 saturated carbocycles. The first-order valence-corrected chi connectivity index (χ1v) is 8.35. The minimum Gasteiger partial charge on any atom is -0.480 e. The number of carboxylic acids is 1. The molecule has 1 atom stereocenters. The molecule has 0 aliphatic heterocycles. The van der Waals surface area contributed by atoms with Gasteiger partial charge in [0, 0.05) is 12.3 Å². The SMILES string of the molecule is CCCC(Nc1sc(S(C)(=O)=O)cc1[N+](=O)[O-])C(=O)O. The van der Waals surface area contributed by atoms with Crippen LogP contribution in [0.3, 0.4) is 0 Å². The number of carboxylic acid groups (broad SMARTS) is 1. The fraction of sp³-hybridized carbons (Fsp3) is 0.500. The van der Waals surface area contributed by atoms with Gasteiger partial charge in [0.1, 0.15) is 10.3 Å². The second kappa shape index (κ2) is 6.18. The third kappa shape index (κ3) is 3.90. The van der Waals surface area contributed by atoms with Crippen LogP contribution in [-0.2, 0) is 14.6 Å². The van der Waals surface area contributed by atoms with Crippen molar-refractivity contribution in [1.29, 1.82) is 0 Å². The number of thiophene rings is 1. The third-order valence-electron chi connectivity index (χ3n) is 2.43. The van der Waals surface area contributed by atoms with Gasteiger partial charge in [-0.1, -0.05) is 24.7 Å². The van der Waals surface area contributed by atoms with Crippen molar-refractivity contribution in [1.82, 2.24) is 0 Å². The molecule has 10 heteroatoms. The van der Waals surface area contributed by atoms with E-state index in [2.05, 4.69) is 5.32 Å². The molecule has 1 rings (SSSR count). The zero-order valence-corrected chi connectivity index (χ0v) is 12.5. The van der Waals surface area contributed by atoms with Crippen LogP contribution in [0.5, 0.6) is 0 Å². The number of carbonyl (C=O) groups is 1. The molecular formula is C10H14N2O6S2. The van der Waals surface area contributed by atoms with Gasteiger partial charge in [0.05, 0.1) is 4.92 Å². The molecule has 0 radical (unpaired) electrons. The Morgan fingerprint density at radius 1 is 1.60 bits per heavy atom. The number of nitrogens with one attached hydrogen (secondary N) is 1. The number of sulfone groups is 1. The second-order valence-corrected chi connectivity index (χ2v) is 7.43. The van der Waals surface area contributed by atoms with E-state index in [9.17, 15) is 23.3 Å². The van der Waals surface area contributed by atoms with Crippen molar-refractivity contribution < 1.29 is 23.2 Å². The molecule has 2 N–H and O–H groups in total. The maximum atomic E-state index is 11.4. The predicted molar refractivity (Wildman–Crippen MR) is 74.0 cm³/mol. The van der Waals surface area contributed by atoms with Gasteiger partial charge in [-0.3, -0.25) is 10.1 Å². The Balaban J connectivity index is 3.19. The Morgan fingerprint density at radius 2 is 2.20 bits per heavy atom. The summed E-state index contributed by atoms with van der Waals surface area (Å²) in [6, 6.07) is -0.0579. The van der Waals surface area contributed by atoms with Gasteiger partial charge >= 0.3 is 11.7 Å². The molecule has 1 aromatic rings. The summed E-state index contributed by atoms with van der Waals surface area (Å²) in [4.78, 5) is 21.2. The van der Waals surface area contributed by atoms with Gasteiger partial charge in [0.25, 0.3) is 0 Å². The molecule has 20 heavy (non-hydrogen) atoms. The van der Waals surface area contributed by atoms with E-state index < -0.39 is 32.5 Å². The number of rotatable bonds is 7. The van der Waals surface area contributed by atoms with E-state index in [1.54, 1.807) is 6.92 Å². The van der Waals surface area contributed by atoms with Crippen molar-refractivity contribution in [2.24, 2.45) is 0 Å². The number of aliphatic carboxylic acids is 1. The van der Waals surface area contributed by atoms with Gasteiger partial charge in [0.15, 0.2) is 14.8 Å². The molecular weight excluding hydrogens is 308 g/mol. The fourth-order valence-corrected chi connectivity index (χ4v) is 3.48. The average molecular weight is 322 g/mol. The molecule has 0 aliphatic rings. The van der Waals surface area contributed by atoms with Crippen molar-refractivity contribution in [3.05, 3.63) is 16.2 Å². The Kier molecular flexibility index (Phi) is 5.06. The Bertz CT molecular complexity index is 622. The van der Waals surface area contributed by atoms with Crippen LogP contribution in [0.2, 0.25) is 0 Å². The van der Waals surface area contributed by atoms with Crippen LogP contribution in [0.4, 0.5) is 10.7 Å². The first-order chi connectivity index (χ1) is 9.16. The highest BCUT2D eigenvalue weighted by atomic mass is 32.2. The first kappa shape index (κ1) is 16.4. The Hall–Kier alpha value is -1.68. The summed E-state index contributed by atoms with van der Waals surface area (Å²) in [5, 5.41) is 22.4. The zero-order valence-electron chi connectivity index (χ0n) is 10.8. The molecule has 8 nitrogen and oxygen atoms in total. The zero-order chi connectivity index (χ0) is 15.5. The van der Waals surface area contributed by atoms with Gasteiger partial charge in [-0.2, -0.15) is 0 Å². The highest BCUT2D eigenvalue weighted by molar-refractivity contribution is 7.92. The van der Waals surface area contributed by atoms with E-state index in [1.165, 1.54) is 0 Å². The predicted octanol–water partition coefficient (Wildman–Crippen LogP) is 1.73. The number of nitrogens with zero attached hydrogens (tertiary/aromatic N) is 1. The first-order valence-electron chi connectivity index (χ1n) is 5.64. The summed E-state index contributed by atoms with van der Waals surface area (Å²) in [7, 11) is -3.58. The van der Waals surface area contributed by atoms with E-state index in [0.717, 1.165) is 12.3 Å². The van der Waals surface area contributed by atoms with Gasteiger partial charge < -0.3 is 10.4 Å². The third-order valence-corrected chi connectivity index (χ3v) is 5.29. The lowest BCUT2D eigenvalue weighted by atomic mass is 10.2. The molecule has 1 heterocycles. The number of hydrogen-bond acceptors (Lipinski definition) is 7. The summed E-state index contributed by atoms with van der Waals surface area (Å²) >= 11 is 0.662. The fourth-order valence-electron chi connectivity index (χ4n) is 1.49. The van der Waals surface area contributed by atoms with E-state index in [1.807, 2.05) is 0 Å². The smallest absolute Gasteiger partial charge is 0.326 e. The highest BCUT2D eigenvalue weighted by Gasteiger charge is 2.27.